The number of nitrogens with one attached hydrogen (secondary N) is 1. The first-order valence-electron chi connectivity index (χ1n) is 8.64. The fourth-order valence-electron chi connectivity index (χ4n) is 3.23. The average molecular weight is 398 g/mol. The van der Waals surface area contributed by atoms with Crippen LogP contribution in [-0.4, -0.2) is 22.3 Å². The maximum Gasteiger partial charge on any atom is 0.255 e. The molecule has 1 amide bonds. The Kier molecular flexibility index (Phi) is 5.01. The maximum absolute atomic E-state index is 12.9. The van der Waals surface area contributed by atoms with Crippen LogP contribution in [0.2, 0.25) is 10.0 Å². The SMILES string of the molecule is O=C(c1cncc(Nc2cccc(Cl)c2Cl)c1)N1CCc2ccccc2C1. The Bertz CT molecular complexity index is 1010. The van der Waals surface area contributed by atoms with Crippen molar-refractivity contribution in [1.82, 2.24) is 9.88 Å². The van der Waals surface area contributed by atoms with Crippen molar-refractivity contribution >= 4 is 40.5 Å². The van der Waals surface area contributed by atoms with Crippen LogP contribution in [0.15, 0.2) is 60.9 Å². The van der Waals surface area contributed by atoms with E-state index in [1.54, 1.807) is 24.5 Å². The van der Waals surface area contributed by atoms with Gasteiger partial charge in [0.15, 0.2) is 0 Å². The Hall–Kier alpha value is -2.56. The summed E-state index contributed by atoms with van der Waals surface area (Å²) in [4.78, 5) is 19.0. The highest BCUT2D eigenvalue weighted by molar-refractivity contribution is 6.43. The van der Waals surface area contributed by atoms with Gasteiger partial charge in [0, 0.05) is 19.3 Å². The molecular weight excluding hydrogens is 381 g/mol. The summed E-state index contributed by atoms with van der Waals surface area (Å²) in [5.41, 5.74) is 4.40. The summed E-state index contributed by atoms with van der Waals surface area (Å²) in [6.45, 7) is 1.32. The third-order valence-corrected chi connectivity index (χ3v) is 5.45. The van der Waals surface area contributed by atoms with Gasteiger partial charge in [-0.3, -0.25) is 9.78 Å². The second kappa shape index (κ2) is 7.59. The van der Waals surface area contributed by atoms with Gasteiger partial charge in [-0.2, -0.15) is 0 Å². The van der Waals surface area contributed by atoms with Gasteiger partial charge in [0.05, 0.1) is 33.2 Å². The van der Waals surface area contributed by atoms with Gasteiger partial charge >= 0.3 is 0 Å². The van der Waals surface area contributed by atoms with Crippen LogP contribution in [0.1, 0.15) is 21.5 Å². The second-order valence-corrected chi connectivity index (χ2v) is 7.22. The van der Waals surface area contributed by atoms with E-state index in [9.17, 15) is 4.79 Å². The van der Waals surface area contributed by atoms with Crippen molar-refractivity contribution in [3.63, 3.8) is 0 Å². The number of nitrogens with zero attached hydrogens (tertiary/aromatic N) is 2. The fourth-order valence-corrected chi connectivity index (χ4v) is 3.58. The number of carbonyl (C=O) groups is 1. The normalized spacial score (nSPS) is 13.2. The van der Waals surface area contributed by atoms with Crippen molar-refractivity contribution in [2.45, 2.75) is 13.0 Å². The van der Waals surface area contributed by atoms with E-state index in [2.05, 4.69) is 22.4 Å². The van der Waals surface area contributed by atoms with Gasteiger partial charge in [-0.25, -0.2) is 0 Å². The lowest BCUT2D eigenvalue weighted by molar-refractivity contribution is 0.0734. The third-order valence-electron chi connectivity index (χ3n) is 4.63. The maximum atomic E-state index is 12.9. The average Bonchev–Trinajstić information content (AvgIpc) is 2.71. The molecule has 0 spiro atoms. The van der Waals surface area contributed by atoms with Gasteiger partial charge in [0.2, 0.25) is 0 Å². The zero-order valence-corrected chi connectivity index (χ0v) is 16.0. The molecule has 3 aromatic rings. The van der Waals surface area contributed by atoms with Crippen LogP contribution < -0.4 is 5.32 Å². The van der Waals surface area contributed by atoms with Gasteiger partial charge in [-0.05, 0) is 35.7 Å². The number of fused-ring (bicyclic) bond motifs is 1. The number of rotatable bonds is 3. The Morgan fingerprint density at radius 1 is 1.04 bits per heavy atom. The van der Waals surface area contributed by atoms with E-state index in [1.807, 2.05) is 29.2 Å². The van der Waals surface area contributed by atoms with E-state index in [0.717, 1.165) is 6.42 Å². The topological polar surface area (TPSA) is 45.2 Å². The minimum Gasteiger partial charge on any atom is -0.353 e. The van der Waals surface area contributed by atoms with Gasteiger partial charge in [-0.15, -0.1) is 0 Å². The molecule has 0 radical (unpaired) electrons. The molecule has 136 valence electrons. The number of aromatic nitrogens is 1. The number of carbonyl (C=O) groups excluding carboxylic acids is 1. The molecular formula is C21H17Cl2N3O. The number of anilines is 2. The number of halogens is 2. The van der Waals surface area contributed by atoms with E-state index in [0.29, 0.717) is 40.1 Å². The van der Waals surface area contributed by atoms with Crippen LogP contribution in [0.25, 0.3) is 0 Å². The summed E-state index contributed by atoms with van der Waals surface area (Å²) in [7, 11) is 0. The van der Waals surface area contributed by atoms with Crippen molar-refractivity contribution in [2.75, 3.05) is 11.9 Å². The van der Waals surface area contributed by atoms with Crippen molar-refractivity contribution in [1.29, 1.82) is 0 Å². The van der Waals surface area contributed by atoms with Gasteiger partial charge in [0.1, 0.15) is 0 Å². The van der Waals surface area contributed by atoms with E-state index in [-0.39, 0.29) is 5.91 Å². The molecule has 0 aliphatic carbocycles. The highest BCUT2D eigenvalue weighted by Crippen LogP contribution is 2.31. The highest BCUT2D eigenvalue weighted by Gasteiger charge is 2.22. The van der Waals surface area contributed by atoms with E-state index >= 15 is 0 Å². The smallest absolute Gasteiger partial charge is 0.255 e. The summed E-state index contributed by atoms with van der Waals surface area (Å²) in [6.07, 6.45) is 4.11. The van der Waals surface area contributed by atoms with Crippen LogP contribution in [0, 0.1) is 0 Å². The molecule has 1 aliphatic rings. The molecule has 1 aromatic heterocycles. The first-order chi connectivity index (χ1) is 13.1. The fraction of sp³-hybridized carbons (Fsp3) is 0.143. The van der Waals surface area contributed by atoms with E-state index < -0.39 is 0 Å². The quantitative estimate of drug-likeness (QED) is 0.649. The third kappa shape index (κ3) is 3.77. The minimum absolute atomic E-state index is 0.0298. The predicted molar refractivity (Wildman–Crippen MR) is 109 cm³/mol. The summed E-state index contributed by atoms with van der Waals surface area (Å²) < 4.78 is 0. The van der Waals surface area contributed by atoms with Gasteiger partial charge in [0.25, 0.3) is 5.91 Å². The first-order valence-corrected chi connectivity index (χ1v) is 9.39. The highest BCUT2D eigenvalue weighted by atomic mass is 35.5. The summed E-state index contributed by atoms with van der Waals surface area (Å²) in [5, 5.41) is 4.08. The Morgan fingerprint density at radius 2 is 1.85 bits per heavy atom. The van der Waals surface area contributed by atoms with Crippen LogP contribution in [0.5, 0.6) is 0 Å². The molecule has 27 heavy (non-hydrogen) atoms. The molecule has 0 saturated heterocycles. The molecule has 6 heteroatoms. The molecule has 0 atom stereocenters. The van der Waals surface area contributed by atoms with E-state index in [1.165, 1.54) is 11.1 Å². The van der Waals surface area contributed by atoms with Crippen LogP contribution >= 0.6 is 23.2 Å². The number of hydrogen-bond donors (Lipinski definition) is 1. The Labute approximate surface area is 167 Å². The summed E-state index contributed by atoms with van der Waals surface area (Å²) in [5.74, 6) is -0.0298. The molecule has 0 unspecified atom stereocenters. The van der Waals surface area contributed by atoms with Crippen LogP contribution in [0.4, 0.5) is 11.4 Å². The zero-order chi connectivity index (χ0) is 18.8. The first kappa shape index (κ1) is 17.8. The lowest BCUT2D eigenvalue weighted by Gasteiger charge is -2.29. The van der Waals surface area contributed by atoms with Crippen molar-refractivity contribution in [3.05, 3.63) is 87.7 Å². The monoisotopic (exact) mass is 397 g/mol. The predicted octanol–water partition coefficient (Wildman–Crippen LogP) is 5.33. The number of benzene rings is 2. The van der Waals surface area contributed by atoms with Crippen LogP contribution in [0.3, 0.4) is 0 Å². The molecule has 0 fully saturated rings. The minimum atomic E-state index is -0.0298. The standard InChI is InChI=1S/C21H17Cl2N3O/c22-18-6-3-7-19(20(18)23)25-17-10-16(11-24-12-17)21(27)26-9-8-14-4-1-2-5-15(14)13-26/h1-7,10-12,25H,8-9,13H2. The Balaban J connectivity index is 1.54. The molecule has 0 saturated carbocycles. The van der Waals surface area contributed by atoms with Gasteiger partial charge in [-0.1, -0.05) is 53.5 Å². The van der Waals surface area contributed by atoms with E-state index in [4.69, 9.17) is 23.2 Å². The lowest BCUT2D eigenvalue weighted by Crippen LogP contribution is -2.36. The van der Waals surface area contributed by atoms with Crippen molar-refractivity contribution in [3.8, 4) is 0 Å². The summed E-state index contributed by atoms with van der Waals surface area (Å²) in [6, 6.07) is 15.4. The second-order valence-electron chi connectivity index (χ2n) is 6.43. The van der Waals surface area contributed by atoms with Crippen LogP contribution in [-0.2, 0) is 13.0 Å². The molecule has 1 aliphatic heterocycles. The van der Waals surface area contributed by atoms with Crippen molar-refractivity contribution in [2.24, 2.45) is 0 Å². The number of pyridine rings is 1. The molecule has 4 nitrogen and oxygen atoms in total. The molecule has 2 aromatic carbocycles. The largest absolute Gasteiger partial charge is 0.353 e. The number of hydrogen-bond acceptors (Lipinski definition) is 3. The molecule has 4 rings (SSSR count). The van der Waals surface area contributed by atoms with Gasteiger partial charge < -0.3 is 10.2 Å². The zero-order valence-electron chi connectivity index (χ0n) is 14.5. The number of amides is 1. The molecule has 1 N–H and O–H groups in total. The van der Waals surface area contributed by atoms with Crippen molar-refractivity contribution < 1.29 is 4.79 Å². The Morgan fingerprint density at radius 3 is 2.70 bits per heavy atom. The lowest BCUT2D eigenvalue weighted by atomic mass is 9.99. The molecule has 0 bridgehead atoms. The molecule has 2 heterocycles. The summed E-state index contributed by atoms with van der Waals surface area (Å²) >= 11 is 12.3.